The first-order valence-corrected chi connectivity index (χ1v) is 12.0. The lowest BCUT2D eigenvalue weighted by molar-refractivity contribution is -0.136. The lowest BCUT2D eigenvalue weighted by atomic mass is 9.88. The number of hydrogen-bond donors (Lipinski definition) is 3. The Bertz CT molecular complexity index is 970. The van der Waals surface area contributed by atoms with E-state index in [2.05, 4.69) is 36.2 Å². The Morgan fingerprint density at radius 1 is 1.26 bits per heavy atom. The molecule has 1 aliphatic heterocycles. The van der Waals surface area contributed by atoms with Crippen molar-refractivity contribution in [2.24, 2.45) is 5.92 Å². The molecule has 2 aromatic carbocycles. The molecule has 3 N–H and O–H groups in total. The molecular formula is C26H34ClFN2O4. The normalized spacial score (nSPS) is 22.8. The maximum Gasteiger partial charge on any atom is 0.307 e. The zero-order chi connectivity index (χ0) is 24.9. The van der Waals surface area contributed by atoms with Crippen LogP contribution in [0, 0.1) is 11.7 Å². The highest BCUT2D eigenvalue weighted by Crippen LogP contribution is 2.26. The number of aliphatic hydroxyl groups is 1. The second-order valence-corrected chi connectivity index (χ2v) is 10.1. The van der Waals surface area contributed by atoms with Crippen molar-refractivity contribution in [3.05, 3.63) is 64.4 Å². The first-order chi connectivity index (χ1) is 16.0. The molecule has 2 aromatic rings. The SMILES string of the molecule is C[C@@H]1CN(Cc2ccc(Cl)cc2)[C@H](C)CC1NC[C@](C)(O)COc1cc(F)ccc1CC(=O)O. The third-order valence-electron chi connectivity index (χ3n) is 6.38. The fraction of sp³-hybridized carbons (Fsp3) is 0.500. The number of halogens is 2. The van der Waals surface area contributed by atoms with Crippen LogP contribution in [0.3, 0.4) is 0 Å². The Morgan fingerprint density at radius 3 is 2.65 bits per heavy atom. The topological polar surface area (TPSA) is 82.0 Å². The average Bonchev–Trinajstić information content (AvgIpc) is 2.76. The summed E-state index contributed by atoms with van der Waals surface area (Å²) in [5, 5.41) is 24.1. The maximum atomic E-state index is 13.6. The van der Waals surface area contributed by atoms with Crippen LogP contribution >= 0.6 is 11.6 Å². The molecule has 6 nitrogen and oxygen atoms in total. The van der Waals surface area contributed by atoms with Gasteiger partial charge in [0.1, 0.15) is 23.8 Å². The van der Waals surface area contributed by atoms with Gasteiger partial charge in [0, 0.05) is 48.4 Å². The van der Waals surface area contributed by atoms with Crippen LogP contribution in [-0.2, 0) is 17.8 Å². The standard InChI is InChI=1S/C26H34ClFN2O4/c1-17-13-30(14-19-4-7-21(27)8-5-19)18(2)10-23(17)29-15-26(3,33)16-34-24-12-22(28)9-6-20(24)11-25(31)32/h4-9,12,17-18,23,29,33H,10-11,13-16H2,1-3H3,(H,31,32)/t17-,18-,23?,26+/m1/s1. The van der Waals surface area contributed by atoms with E-state index in [4.69, 9.17) is 21.4 Å². The number of likely N-dealkylation sites (tertiary alicyclic amines) is 1. The summed E-state index contributed by atoms with van der Waals surface area (Å²) in [4.78, 5) is 13.5. The minimum atomic E-state index is -1.21. The zero-order valence-electron chi connectivity index (χ0n) is 19.9. The summed E-state index contributed by atoms with van der Waals surface area (Å²) in [5.74, 6) is -1.03. The number of hydrogen-bond acceptors (Lipinski definition) is 5. The van der Waals surface area contributed by atoms with Gasteiger partial charge in [-0.05, 0) is 49.9 Å². The predicted octanol–water partition coefficient (Wildman–Crippen LogP) is 4.12. The van der Waals surface area contributed by atoms with Gasteiger partial charge < -0.3 is 20.3 Å². The van der Waals surface area contributed by atoms with Crippen LogP contribution in [0.2, 0.25) is 5.02 Å². The largest absolute Gasteiger partial charge is 0.490 e. The summed E-state index contributed by atoms with van der Waals surface area (Å²) in [7, 11) is 0. The van der Waals surface area contributed by atoms with Crippen LogP contribution < -0.4 is 10.1 Å². The first kappa shape index (κ1) is 26.4. The van der Waals surface area contributed by atoms with E-state index in [0.29, 0.717) is 24.1 Å². The quantitative estimate of drug-likeness (QED) is 0.463. The van der Waals surface area contributed by atoms with Gasteiger partial charge in [-0.15, -0.1) is 0 Å². The molecule has 8 heteroatoms. The summed E-state index contributed by atoms with van der Waals surface area (Å²) < 4.78 is 19.3. The van der Waals surface area contributed by atoms with Gasteiger partial charge in [0.25, 0.3) is 0 Å². The minimum absolute atomic E-state index is 0.0879. The molecule has 0 aromatic heterocycles. The van der Waals surface area contributed by atoms with E-state index in [1.54, 1.807) is 6.92 Å². The van der Waals surface area contributed by atoms with Gasteiger partial charge in [0.15, 0.2) is 0 Å². The van der Waals surface area contributed by atoms with Crippen LogP contribution in [0.25, 0.3) is 0 Å². The van der Waals surface area contributed by atoms with Crippen molar-refractivity contribution < 1.29 is 24.1 Å². The highest BCUT2D eigenvalue weighted by molar-refractivity contribution is 6.30. The molecule has 0 bridgehead atoms. The molecular weight excluding hydrogens is 459 g/mol. The molecule has 0 radical (unpaired) electrons. The number of nitrogens with zero attached hydrogens (tertiary/aromatic N) is 1. The molecule has 186 valence electrons. The molecule has 1 fully saturated rings. The van der Waals surface area contributed by atoms with Gasteiger partial charge in [0.2, 0.25) is 0 Å². The minimum Gasteiger partial charge on any atom is -0.490 e. The fourth-order valence-electron chi connectivity index (χ4n) is 4.36. The van der Waals surface area contributed by atoms with Crippen molar-refractivity contribution in [3.63, 3.8) is 0 Å². The number of aliphatic carboxylic acids is 1. The summed E-state index contributed by atoms with van der Waals surface area (Å²) in [6, 6.07) is 12.3. The van der Waals surface area contributed by atoms with Crippen LogP contribution in [0.15, 0.2) is 42.5 Å². The van der Waals surface area contributed by atoms with E-state index >= 15 is 0 Å². The van der Waals surface area contributed by atoms with Gasteiger partial charge in [-0.1, -0.05) is 36.7 Å². The molecule has 1 saturated heterocycles. The number of rotatable bonds is 10. The third kappa shape index (κ3) is 7.67. The van der Waals surface area contributed by atoms with Gasteiger partial charge in [-0.3, -0.25) is 9.69 Å². The predicted molar refractivity (Wildman–Crippen MR) is 131 cm³/mol. The highest BCUT2D eigenvalue weighted by atomic mass is 35.5. The number of piperidine rings is 1. The Hall–Kier alpha value is -2.19. The van der Waals surface area contributed by atoms with Gasteiger partial charge in [0.05, 0.1) is 6.42 Å². The molecule has 0 spiro atoms. The average molecular weight is 493 g/mol. The van der Waals surface area contributed by atoms with Gasteiger partial charge in [-0.2, -0.15) is 0 Å². The molecule has 4 atom stereocenters. The van der Waals surface area contributed by atoms with Crippen LogP contribution in [0.1, 0.15) is 38.3 Å². The number of carboxylic acids is 1. The smallest absolute Gasteiger partial charge is 0.307 e. The summed E-state index contributed by atoms with van der Waals surface area (Å²) in [6.07, 6.45) is 0.665. The van der Waals surface area contributed by atoms with Crippen molar-refractivity contribution in [1.29, 1.82) is 0 Å². The second-order valence-electron chi connectivity index (χ2n) is 9.71. The van der Waals surface area contributed by atoms with E-state index in [1.807, 2.05) is 12.1 Å². The Kier molecular flexibility index (Phi) is 8.93. The summed E-state index contributed by atoms with van der Waals surface area (Å²) >= 11 is 6.00. The highest BCUT2D eigenvalue weighted by Gasteiger charge is 2.32. The first-order valence-electron chi connectivity index (χ1n) is 11.6. The van der Waals surface area contributed by atoms with E-state index in [-0.39, 0.29) is 24.8 Å². The van der Waals surface area contributed by atoms with Crippen LogP contribution in [-0.4, -0.2) is 58.5 Å². The maximum absolute atomic E-state index is 13.6. The fourth-order valence-corrected chi connectivity index (χ4v) is 4.49. The number of carboxylic acid groups (broad SMARTS) is 1. The molecule has 1 aliphatic rings. The van der Waals surface area contributed by atoms with Crippen molar-refractivity contribution in [2.75, 3.05) is 19.7 Å². The zero-order valence-corrected chi connectivity index (χ0v) is 20.7. The Balaban J connectivity index is 1.52. The molecule has 0 amide bonds. The molecule has 1 unspecified atom stereocenters. The van der Waals surface area contributed by atoms with Crippen molar-refractivity contribution in [1.82, 2.24) is 10.2 Å². The molecule has 1 heterocycles. The lowest BCUT2D eigenvalue weighted by Crippen LogP contribution is -2.55. The van der Waals surface area contributed by atoms with Crippen LogP contribution in [0.4, 0.5) is 4.39 Å². The number of benzene rings is 2. The monoisotopic (exact) mass is 492 g/mol. The van der Waals surface area contributed by atoms with E-state index in [9.17, 15) is 14.3 Å². The molecule has 0 saturated carbocycles. The summed E-state index contributed by atoms with van der Waals surface area (Å²) in [6.45, 7) is 8.08. The number of ether oxygens (including phenoxy) is 1. The molecule has 3 rings (SSSR count). The van der Waals surface area contributed by atoms with E-state index < -0.39 is 17.4 Å². The third-order valence-corrected chi connectivity index (χ3v) is 6.63. The van der Waals surface area contributed by atoms with Crippen molar-refractivity contribution in [2.45, 2.75) is 57.8 Å². The summed E-state index contributed by atoms with van der Waals surface area (Å²) in [5.41, 5.74) is 0.388. The van der Waals surface area contributed by atoms with Gasteiger partial charge in [-0.25, -0.2) is 4.39 Å². The Labute approximate surface area is 205 Å². The molecule has 0 aliphatic carbocycles. The van der Waals surface area contributed by atoms with E-state index in [1.165, 1.54) is 17.7 Å². The number of carbonyl (C=O) groups is 1. The lowest BCUT2D eigenvalue weighted by Gasteiger charge is -2.43. The second kappa shape index (κ2) is 11.5. The van der Waals surface area contributed by atoms with Crippen molar-refractivity contribution in [3.8, 4) is 5.75 Å². The number of nitrogens with one attached hydrogen (secondary N) is 1. The van der Waals surface area contributed by atoms with Crippen molar-refractivity contribution >= 4 is 17.6 Å². The van der Waals surface area contributed by atoms with Gasteiger partial charge >= 0.3 is 5.97 Å². The van der Waals surface area contributed by atoms with Crippen LogP contribution in [0.5, 0.6) is 5.75 Å². The molecule has 34 heavy (non-hydrogen) atoms. The Morgan fingerprint density at radius 2 is 1.97 bits per heavy atom. The van der Waals surface area contributed by atoms with E-state index in [0.717, 1.165) is 30.6 Å².